The van der Waals surface area contributed by atoms with Gasteiger partial charge >= 0.3 is 19.8 Å². The zero-order valence-electron chi connectivity index (χ0n) is 30.2. The van der Waals surface area contributed by atoms with Crippen LogP contribution in [0.25, 0.3) is 0 Å². The van der Waals surface area contributed by atoms with Gasteiger partial charge in [-0.1, -0.05) is 154 Å². The molecule has 48 heavy (non-hydrogen) atoms. The van der Waals surface area contributed by atoms with Gasteiger partial charge < -0.3 is 24.6 Å². The molecular formula is C37H69O10P. The highest BCUT2D eigenvalue weighted by Gasteiger charge is 2.27. The van der Waals surface area contributed by atoms with E-state index in [2.05, 4.69) is 18.4 Å². The fraction of sp³-hybridized carbons (Fsp3) is 0.838. The van der Waals surface area contributed by atoms with E-state index in [1.54, 1.807) is 12.2 Å². The fourth-order valence-corrected chi connectivity index (χ4v) is 5.81. The molecule has 0 aromatic heterocycles. The Morgan fingerprint density at radius 3 is 1.67 bits per heavy atom. The maximum atomic E-state index is 12.5. The molecule has 0 aliphatic carbocycles. The molecule has 0 aromatic rings. The second-order valence-corrected chi connectivity index (χ2v) is 14.1. The van der Waals surface area contributed by atoms with Crippen molar-refractivity contribution >= 4 is 19.8 Å². The molecule has 0 saturated heterocycles. The minimum Gasteiger partial charge on any atom is -0.458 e. The van der Waals surface area contributed by atoms with E-state index in [9.17, 15) is 24.2 Å². The van der Waals surface area contributed by atoms with Gasteiger partial charge in [0.25, 0.3) is 0 Å². The highest BCUT2D eigenvalue weighted by Crippen LogP contribution is 2.43. The Kier molecular flexibility index (Phi) is 32.8. The molecule has 0 aliphatic heterocycles. The van der Waals surface area contributed by atoms with Crippen LogP contribution in [0.15, 0.2) is 24.3 Å². The lowest BCUT2D eigenvalue weighted by Gasteiger charge is -2.20. The highest BCUT2D eigenvalue weighted by molar-refractivity contribution is 7.47. The van der Waals surface area contributed by atoms with Gasteiger partial charge in [0.2, 0.25) is 0 Å². The van der Waals surface area contributed by atoms with Gasteiger partial charge in [-0.05, 0) is 19.3 Å². The third-order valence-electron chi connectivity index (χ3n) is 7.96. The quantitative estimate of drug-likeness (QED) is 0.0192. The predicted molar refractivity (Wildman–Crippen MR) is 191 cm³/mol. The summed E-state index contributed by atoms with van der Waals surface area (Å²) in [6.07, 6.45) is 30.7. The van der Waals surface area contributed by atoms with E-state index in [1.807, 2.05) is 6.08 Å². The van der Waals surface area contributed by atoms with E-state index in [0.717, 1.165) is 32.1 Å². The summed E-state index contributed by atoms with van der Waals surface area (Å²) in [4.78, 5) is 34.6. The molecule has 0 rings (SSSR count). The van der Waals surface area contributed by atoms with Crippen LogP contribution in [0, 0.1) is 0 Å². The zero-order valence-corrected chi connectivity index (χ0v) is 31.1. The lowest BCUT2D eigenvalue weighted by molar-refractivity contribution is -0.159. The first-order valence-corrected chi connectivity index (χ1v) is 20.3. The van der Waals surface area contributed by atoms with E-state index in [1.165, 1.54) is 109 Å². The summed E-state index contributed by atoms with van der Waals surface area (Å²) >= 11 is 0. The number of aliphatic hydroxyl groups excluding tert-OH is 2. The second kappa shape index (κ2) is 33.9. The van der Waals surface area contributed by atoms with Gasteiger partial charge in [-0.2, -0.15) is 0 Å². The number of esters is 2. The number of aliphatic hydroxyl groups is 2. The molecule has 3 N–H and O–H groups in total. The number of ether oxygens (including phenoxy) is 2. The number of phosphoric ester groups is 1. The molecule has 0 radical (unpaired) electrons. The van der Waals surface area contributed by atoms with Crippen molar-refractivity contribution in [2.45, 2.75) is 174 Å². The van der Waals surface area contributed by atoms with Crippen molar-refractivity contribution in [3.63, 3.8) is 0 Å². The largest absolute Gasteiger partial charge is 0.472 e. The minimum atomic E-state index is -4.62. The van der Waals surface area contributed by atoms with Crippen LogP contribution < -0.4 is 0 Å². The first kappa shape index (κ1) is 46.5. The van der Waals surface area contributed by atoms with Crippen LogP contribution in [0.3, 0.4) is 0 Å². The minimum absolute atomic E-state index is 0.167. The Labute approximate surface area is 291 Å². The van der Waals surface area contributed by atoms with Crippen molar-refractivity contribution in [1.82, 2.24) is 0 Å². The van der Waals surface area contributed by atoms with Gasteiger partial charge in [0, 0.05) is 12.5 Å². The summed E-state index contributed by atoms with van der Waals surface area (Å²) < 4.78 is 32.3. The normalized spacial score (nSPS) is 14.4. The molecule has 1 unspecified atom stereocenters. The lowest BCUT2D eigenvalue weighted by Crippen LogP contribution is -2.29. The van der Waals surface area contributed by atoms with Crippen molar-refractivity contribution in [2.75, 3.05) is 26.4 Å². The summed E-state index contributed by atoms with van der Waals surface area (Å²) in [5.74, 6) is -1.18. The first-order chi connectivity index (χ1) is 23.2. The molecule has 0 saturated carbocycles. The summed E-state index contributed by atoms with van der Waals surface area (Å²) in [6, 6.07) is 0. The molecule has 282 valence electrons. The SMILES string of the molecule is CCCCCCCCCCCCC/C=C/C=C/C(=O)OC[C@@H](COP(=O)(O)OC[C@H](O)CO)OC(=O)CCCCCCCCCCCC. The van der Waals surface area contributed by atoms with Crippen LogP contribution in [0.1, 0.15) is 162 Å². The second-order valence-electron chi connectivity index (χ2n) is 12.7. The average molecular weight is 705 g/mol. The van der Waals surface area contributed by atoms with E-state index >= 15 is 0 Å². The van der Waals surface area contributed by atoms with Crippen LogP contribution in [0.4, 0.5) is 0 Å². The molecule has 0 bridgehead atoms. The Bertz CT molecular complexity index is 863. The Morgan fingerprint density at radius 1 is 0.667 bits per heavy atom. The number of hydrogen-bond donors (Lipinski definition) is 3. The van der Waals surface area contributed by atoms with Gasteiger partial charge in [0.05, 0.1) is 19.8 Å². The van der Waals surface area contributed by atoms with Crippen LogP contribution in [-0.4, -0.2) is 65.7 Å². The summed E-state index contributed by atoms with van der Waals surface area (Å²) in [5, 5.41) is 18.2. The molecule has 0 amide bonds. The van der Waals surface area contributed by atoms with Gasteiger partial charge in [-0.25, -0.2) is 9.36 Å². The van der Waals surface area contributed by atoms with Gasteiger partial charge in [-0.3, -0.25) is 13.8 Å². The smallest absolute Gasteiger partial charge is 0.458 e. The zero-order chi connectivity index (χ0) is 35.6. The topological polar surface area (TPSA) is 149 Å². The molecule has 10 nitrogen and oxygen atoms in total. The average Bonchev–Trinajstić information content (AvgIpc) is 3.07. The maximum Gasteiger partial charge on any atom is 0.472 e. The molecule has 11 heteroatoms. The van der Waals surface area contributed by atoms with E-state index in [4.69, 9.17) is 19.1 Å². The number of carbonyl (C=O) groups excluding carboxylic acids is 2. The molecule has 0 spiro atoms. The maximum absolute atomic E-state index is 12.5. The van der Waals surface area contributed by atoms with Crippen LogP contribution >= 0.6 is 7.82 Å². The monoisotopic (exact) mass is 704 g/mol. The Balaban J connectivity index is 4.46. The molecule has 0 aliphatic rings. The summed E-state index contributed by atoms with van der Waals surface area (Å²) in [7, 11) is -4.62. The molecule has 0 heterocycles. The summed E-state index contributed by atoms with van der Waals surface area (Å²) in [6.45, 7) is 2.22. The highest BCUT2D eigenvalue weighted by atomic mass is 31.2. The Morgan fingerprint density at radius 2 is 1.15 bits per heavy atom. The van der Waals surface area contributed by atoms with Crippen molar-refractivity contribution in [1.29, 1.82) is 0 Å². The van der Waals surface area contributed by atoms with Crippen molar-refractivity contribution < 1.29 is 47.8 Å². The van der Waals surface area contributed by atoms with Crippen LogP contribution in [-0.2, 0) is 32.7 Å². The molecule has 0 aromatic carbocycles. The van der Waals surface area contributed by atoms with Crippen molar-refractivity contribution in [3.05, 3.63) is 24.3 Å². The third-order valence-corrected chi connectivity index (χ3v) is 8.91. The molecule has 3 atom stereocenters. The summed E-state index contributed by atoms with van der Waals surface area (Å²) in [5.41, 5.74) is 0. The van der Waals surface area contributed by atoms with Crippen molar-refractivity contribution in [3.8, 4) is 0 Å². The number of rotatable bonds is 35. The van der Waals surface area contributed by atoms with Gasteiger partial charge in [0.15, 0.2) is 6.10 Å². The van der Waals surface area contributed by atoms with E-state index < -0.39 is 51.8 Å². The fourth-order valence-electron chi connectivity index (χ4n) is 5.02. The van der Waals surface area contributed by atoms with Crippen LogP contribution in [0.2, 0.25) is 0 Å². The van der Waals surface area contributed by atoms with Gasteiger partial charge in [-0.15, -0.1) is 0 Å². The Hall–Kier alpha value is -1.55. The van der Waals surface area contributed by atoms with Crippen LogP contribution in [0.5, 0.6) is 0 Å². The van der Waals surface area contributed by atoms with E-state index in [0.29, 0.717) is 6.42 Å². The van der Waals surface area contributed by atoms with Gasteiger partial charge in [0.1, 0.15) is 12.7 Å². The van der Waals surface area contributed by atoms with Crippen molar-refractivity contribution in [2.24, 2.45) is 0 Å². The molecular weight excluding hydrogens is 635 g/mol. The number of phosphoric acid groups is 1. The lowest BCUT2D eigenvalue weighted by atomic mass is 10.1. The van der Waals surface area contributed by atoms with E-state index in [-0.39, 0.29) is 13.0 Å². The number of allylic oxidation sites excluding steroid dienone is 3. The number of unbranched alkanes of at least 4 members (excludes halogenated alkanes) is 20. The number of carbonyl (C=O) groups is 2. The number of hydrogen-bond acceptors (Lipinski definition) is 9. The standard InChI is InChI=1S/C37H69O10P/c1-3-5-7-9-11-13-15-16-17-18-19-21-22-24-26-28-36(40)44-32-35(33-46-48(42,43)45-31-34(39)30-38)47-37(41)29-27-25-23-20-14-12-10-8-6-4-2/h22,24,26,28,34-35,38-39H,3-21,23,25,27,29-33H2,1-2H3,(H,42,43)/b24-22+,28-26+/t34-,35+/m1/s1. The first-order valence-electron chi connectivity index (χ1n) is 18.8. The third kappa shape index (κ3) is 33.0. The predicted octanol–water partition coefficient (Wildman–Crippen LogP) is 9.05. The molecule has 0 fully saturated rings.